The lowest BCUT2D eigenvalue weighted by Gasteiger charge is -2.44. The molecule has 16 nitrogen and oxygen atoms in total. The molecule has 0 bridgehead atoms. The molecule has 4 amide bonds. The first-order chi connectivity index (χ1) is 33.5. The third kappa shape index (κ3) is 16.9. The van der Waals surface area contributed by atoms with E-state index in [4.69, 9.17) is 10.5 Å². The Hall–Kier alpha value is -4.32. The van der Waals surface area contributed by atoms with E-state index in [-0.39, 0.29) is 36.2 Å². The molecule has 3 N–H and O–H groups in total. The molecule has 2 aliphatic carbocycles. The molecule has 0 aromatic carbocycles. The molecule has 6 aliphatic rings. The lowest BCUT2D eigenvalue weighted by atomic mass is 9.87. The summed E-state index contributed by atoms with van der Waals surface area (Å²) >= 11 is 3.51. The van der Waals surface area contributed by atoms with E-state index < -0.39 is 0 Å². The zero-order valence-electron chi connectivity index (χ0n) is 42.3. The molecule has 4 atom stereocenters. The fraction of sp³-hybridized carbons (Fsp3) is 0.769. The number of alkyl halides is 1. The first-order valence-corrected chi connectivity index (χ1v) is 27.7. The molecule has 2 saturated carbocycles. The Morgan fingerprint density at radius 3 is 1.36 bits per heavy atom. The van der Waals surface area contributed by atoms with Crippen LogP contribution in [0.5, 0.6) is 0 Å². The Morgan fingerprint density at radius 2 is 0.986 bits per heavy atom. The van der Waals surface area contributed by atoms with Crippen LogP contribution in [0.15, 0.2) is 24.8 Å². The first kappa shape index (κ1) is 54.0. The van der Waals surface area contributed by atoms with Crippen LogP contribution >= 0.6 is 15.9 Å². The van der Waals surface area contributed by atoms with Crippen LogP contribution in [0.4, 0.5) is 21.5 Å². The van der Waals surface area contributed by atoms with Crippen LogP contribution in [0.2, 0.25) is 0 Å². The summed E-state index contributed by atoms with van der Waals surface area (Å²) in [6.07, 6.45) is 27.7. The van der Waals surface area contributed by atoms with Crippen molar-refractivity contribution in [3.05, 3.63) is 35.9 Å². The molecular weight excluding hydrogens is 933 g/mol. The number of aromatic nitrogens is 4. The minimum atomic E-state index is 0.0179. The van der Waals surface area contributed by atoms with Crippen molar-refractivity contribution in [2.24, 2.45) is 23.7 Å². The molecule has 6 heterocycles. The maximum Gasteiger partial charge on any atom is 0.318 e. The van der Waals surface area contributed by atoms with Crippen molar-refractivity contribution in [1.29, 1.82) is 10.5 Å². The van der Waals surface area contributed by atoms with Gasteiger partial charge in [-0.1, -0.05) is 54.5 Å². The van der Waals surface area contributed by atoms with Crippen LogP contribution in [0.3, 0.4) is 0 Å². The summed E-state index contributed by atoms with van der Waals surface area (Å²) in [5.74, 6) is 4.60. The average Bonchev–Trinajstić information content (AvgIpc) is 3.38. The van der Waals surface area contributed by atoms with Gasteiger partial charge < -0.3 is 40.4 Å². The Labute approximate surface area is 422 Å². The van der Waals surface area contributed by atoms with Crippen LogP contribution < -0.4 is 25.8 Å². The van der Waals surface area contributed by atoms with Gasteiger partial charge >= 0.3 is 12.1 Å². The molecule has 6 fully saturated rings. The van der Waals surface area contributed by atoms with Crippen molar-refractivity contribution in [3.63, 3.8) is 0 Å². The van der Waals surface area contributed by atoms with Gasteiger partial charge in [0.2, 0.25) is 11.9 Å². The average molecular weight is 1020 g/mol. The van der Waals surface area contributed by atoms with Crippen molar-refractivity contribution in [3.8, 4) is 12.1 Å². The maximum absolute atomic E-state index is 13.0. The molecule has 17 heteroatoms. The van der Waals surface area contributed by atoms with Crippen molar-refractivity contribution >= 4 is 39.9 Å². The number of urea groups is 2. The summed E-state index contributed by atoms with van der Waals surface area (Å²) in [5.41, 5.74) is 0.907. The van der Waals surface area contributed by atoms with E-state index in [1.807, 2.05) is 15.9 Å². The Kier molecular flexibility index (Phi) is 22.3. The number of rotatable bonds is 11. The number of nitrogens with one attached hydrogen (secondary N) is 3. The number of anilines is 2. The van der Waals surface area contributed by atoms with E-state index in [0.29, 0.717) is 55.1 Å². The minimum absolute atomic E-state index is 0.0179. The SMILES string of the molecule is BrCC1CCCCC1.C[C@@H]1CN(c2ncc(C#N)cn2)C[C@H](C)N1C(=O)NCCC1CCN(CC2CCCCC2)CC1.C[C@@H]1CN(c2ncc(C#N)cn2)C[C@H](C)N1C(=O)NCCC1CCNCC1. The second-order valence-corrected chi connectivity index (χ2v) is 21.6. The quantitative estimate of drug-likeness (QED) is 0.185. The third-order valence-corrected chi connectivity index (χ3v) is 16.3. The molecule has 69 heavy (non-hydrogen) atoms. The monoisotopic (exact) mass is 1010 g/mol. The van der Waals surface area contributed by atoms with Gasteiger partial charge in [0.15, 0.2) is 0 Å². The predicted octanol–water partition coefficient (Wildman–Crippen LogP) is 7.95. The minimum Gasteiger partial charge on any atom is -0.338 e. The molecular formula is C52H83BrN14O2. The van der Waals surface area contributed by atoms with Gasteiger partial charge in [-0.25, -0.2) is 29.5 Å². The van der Waals surface area contributed by atoms with Crippen LogP contribution in [-0.4, -0.2) is 148 Å². The normalized spacial score (nSPS) is 24.4. The van der Waals surface area contributed by atoms with E-state index in [9.17, 15) is 9.59 Å². The number of piperidine rings is 2. The Balaban J connectivity index is 0.000000199. The lowest BCUT2D eigenvalue weighted by molar-refractivity contribution is 0.134. The highest BCUT2D eigenvalue weighted by Gasteiger charge is 2.35. The molecule has 8 rings (SSSR count). The standard InChI is InChI=1S/C26H41N7O.C19H29N7O.C7H13Br/c1-20-17-32(25-29-15-24(14-27)16-30-25)18-21(2)33(20)26(34)28-11-8-22-9-12-31(13-10-22)19-23-6-4-3-5-7-23;1-14-12-25(18-23-10-17(9-20)11-24-18)13-15(2)26(14)19(27)22-8-5-16-3-6-21-7-4-16;8-6-7-4-2-1-3-5-7/h15-16,20-23H,3-13,17-19H2,1-2H3,(H,28,34);10-11,14-16,21H,3-8,12-13H2,1-2H3,(H,22,27);7H,1-6H2/t20-,21+;14-,15+;. The highest BCUT2D eigenvalue weighted by atomic mass is 79.9. The van der Waals surface area contributed by atoms with E-state index in [1.165, 1.54) is 127 Å². The Morgan fingerprint density at radius 1 is 0.594 bits per heavy atom. The summed E-state index contributed by atoms with van der Waals surface area (Å²) in [7, 11) is 0. The zero-order valence-corrected chi connectivity index (χ0v) is 43.9. The van der Waals surface area contributed by atoms with E-state index in [0.717, 1.165) is 56.8 Å². The highest BCUT2D eigenvalue weighted by molar-refractivity contribution is 9.09. The second-order valence-electron chi connectivity index (χ2n) is 20.9. The number of piperazine rings is 2. The van der Waals surface area contributed by atoms with Crippen LogP contribution in [0.25, 0.3) is 0 Å². The fourth-order valence-electron chi connectivity index (χ4n) is 11.5. The number of hydrogen-bond acceptors (Lipinski definition) is 12. The summed E-state index contributed by atoms with van der Waals surface area (Å²) in [4.78, 5) is 53.7. The Bertz CT molecular complexity index is 1880. The van der Waals surface area contributed by atoms with Gasteiger partial charge in [0, 0.05) is 75.3 Å². The van der Waals surface area contributed by atoms with Gasteiger partial charge in [0.1, 0.15) is 12.1 Å². The zero-order chi connectivity index (χ0) is 49.0. The molecule has 2 aromatic rings. The largest absolute Gasteiger partial charge is 0.338 e. The van der Waals surface area contributed by atoms with E-state index in [1.54, 1.807) is 12.4 Å². The maximum atomic E-state index is 13.0. The van der Waals surface area contributed by atoms with Gasteiger partial charge in [-0.3, -0.25) is 0 Å². The molecule has 0 spiro atoms. The van der Waals surface area contributed by atoms with Crippen molar-refractivity contribution in [1.82, 2.24) is 50.6 Å². The molecule has 4 saturated heterocycles. The molecule has 0 unspecified atom stereocenters. The summed E-state index contributed by atoms with van der Waals surface area (Å²) in [6, 6.07) is 4.38. The van der Waals surface area contributed by atoms with Gasteiger partial charge in [-0.15, -0.1) is 0 Å². The van der Waals surface area contributed by atoms with Crippen LogP contribution in [0, 0.1) is 46.3 Å². The lowest BCUT2D eigenvalue weighted by Crippen LogP contribution is -2.61. The fourth-order valence-corrected chi connectivity index (χ4v) is 12.2. The number of nitriles is 2. The topological polar surface area (TPSA) is 186 Å². The van der Waals surface area contributed by atoms with Gasteiger partial charge in [-0.05, 0) is 142 Å². The summed E-state index contributed by atoms with van der Waals surface area (Å²) in [5, 5.41) is 28.7. The third-order valence-electron chi connectivity index (χ3n) is 15.4. The summed E-state index contributed by atoms with van der Waals surface area (Å²) < 4.78 is 0. The molecule has 0 radical (unpaired) electrons. The van der Waals surface area contributed by atoms with E-state index >= 15 is 0 Å². The number of carbonyl (C=O) groups excluding carboxylic acids is 2. The number of hydrogen-bond donors (Lipinski definition) is 3. The second kappa shape index (κ2) is 28.5. The van der Waals surface area contributed by atoms with Gasteiger partial charge in [-0.2, -0.15) is 10.5 Å². The van der Waals surface area contributed by atoms with Crippen LogP contribution in [-0.2, 0) is 0 Å². The number of nitrogens with zero attached hydrogens (tertiary/aromatic N) is 11. The van der Waals surface area contributed by atoms with E-state index in [2.05, 4.69) is 100 Å². The van der Waals surface area contributed by atoms with Crippen molar-refractivity contribution < 1.29 is 9.59 Å². The molecule has 4 aliphatic heterocycles. The molecule has 2 aromatic heterocycles. The first-order valence-electron chi connectivity index (χ1n) is 26.6. The highest BCUT2D eigenvalue weighted by Crippen LogP contribution is 2.28. The number of amides is 4. The van der Waals surface area contributed by atoms with Crippen molar-refractivity contribution in [2.75, 3.05) is 87.1 Å². The van der Waals surface area contributed by atoms with Crippen molar-refractivity contribution in [2.45, 2.75) is 155 Å². The van der Waals surface area contributed by atoms with Gasteiger partial charge in [0.25, 0.3) is 0 Å². The van der Waals surface area contributed by atoms with Crippen LogP contribution in [0.1, 0.15) is 142 Å². The molecule has 380 valence electrons. The number of halogens is 1. The number of carbonyl (C=O) groups is 2. The number of likely N-dealkylation sites (tertiary alicyclic amines) is 1. The predicted molar refractivity (Wildman–Crippen MR) is 277 cm³/mol. The van der Waals surface area contributed by atoms with Gasteiger partial charge in [0.05, 0.1) is 35.9 Å². The smallest absolute Gasteiger partial charge is 0.318 e. The summed E-state index contributed by atoms with van der Waals surface area (Å²) in [6.45, 7) is 18.4.